The average Bonchev–Trinajstić information content (AvgIpc) is 2.63. The number of nitrogens with one attached hydrogen (secondary N) is 2. The lowest BCUT2D eigenvalue weighted by molar-refractivity contribution is -0.137. The van der Waals surface area contributed by atoms with Crippen LogP contribution in [0.4, 0.5) is 0 Å². The zero-order valence-corrected chi connectivity index (χ0v) is 19.1. The fourth-order valence-corrected chi connectivity index (χ4v) is 4.24. The fraction of sp³-hybridized carbons (Fsp3) is 0.600. The van der Waals surface area contributed by atoms with Crippen LogP contribution in [0.3, 0.4) is 0 Å². The predicted octanol–water partition coefficient (Wildman–Crippen LogP) is 1.13. The summed E-state index contributed by atoms with van der Waals surface area (Å²) < 4.78 is 39.2. The number of carbonyl (C=O) groups excluding carboxylic acids is 2. The maximum absolute atomic E-state index is 12.9. The smallest absolute Gasteiger partial charge is 0.241 e. The molecule has 1 aliphatic rings. The molecule has 2 amide bonds. The molecule has 168 valence electrons. The largest absolute Gasteiger partial charge is 0.486 e. The van der Waals surface area contributed by atoms with E-state index in [1.54, 1.807) is 13.8 Å². The van der Waals surface area contributed by atoms with Gasteiger partial charge in [-0.05, 0) is 38.8 Å². The van der Waals surface area contributed by atoms with E-state index < -0.39 is 27.5 Å². The molecule has 1 atom stereocenters. The van der Waals surface area contributed by atoms with Gasteiger partial charge in [0.25, 0.3) is 0 Å². The van der Waals surface area contributed by atoms with E-state index in [1.165, 1.54) is 30.1 Å². The number of sulfonamides is 1. The van der Waals surface area contributed by atoms with E-state index in [0.717, 1.165) is 0 Å². The highest BCUT2D eigenvalue weighted by Crippen LogP contribution is 2.32. The van der Waals surface area contributed by atoms with Crippen molar-refractivity contribution in [2.45, 2.75) is 51.1 Å². The van der Waals surface area contributed by atoms with Crippen molar-refractivity contribution in [3.05, 3.63) is 18.2 Å². The van der Waals surface area contributed by atoms with Crippen LogP contribution >= 0.6 is 0 Å². The molecule has 1 aromatic carbocycles. The van der Waals surface area contributed by atoms with Crippen LogP contribution in [-0.4, -0.2) is 63.5 Å². The van der Waals surface area contributed by atoms with Gasteiger partial charge in [0.15, 0.2) is 11.5 Å². The molecule has 0 radical (unpaired) electrons. The Morgan fingerprint density at radius 1 is 1.13 bits per heavy atom. The topological polar surface area (TPSA) is 114 Å². The highest BCUT2D eigenvalue weighted by Gasteiger charge is 2.32. The third-order valence-corrected chi connectivity index (χ3v) is 5.75. The molecule has 0 spiro atoms. The first-order valence-corrected chi connectivity index (χ1v) is 11.3. The van der Waals surface area contributed by atoms with Crippen molar-refractivity contribution in [1.82, 2.24) is 14.9 Å². The van der Waals surface area contributed by atoms with Crippen molar-refractivity contribution >= 4 is 21.8 Å². The number of likely N-dealkylation sites (N-methyl/N-ethyl adjacent to an activating group) is 1. The molecule has 0 saturated heterocycles. The molecule has 2 N–H and O–H groups in total. The minimum Gasteiger partial charge on any atom is -0.486 e. The van der Waals surface area contributed by atoms with Crippen LogP contribution in [0.2, 0.25) is 0 Å². The molecule has 0 aliphatic carbocycles. The molecule has 1 heterocycles. The van der Waals surface area contributed by atoms with E-state index in [-0.39, 0.29) is 23.3 Å². The lowest BCUT2D eigenvalue weighted by Gasteiger charge is -2.28. The number of amides is 2. The van der Waals surface area contributed by atoms with Gasteiger partial charge in [0.2, 0.25) is 21.8 Å². The van der Waals surface area contributed by atoms with Crippen molar-refractivity contribution in [2.75, 3.05) is 26.8 Å². The SMILES string of the molecule is CC(C)[C@@H](NS(=O)(=O)c1ccc2c(c1)OCCO2)C(=O)N(C)CC(=O)NC(C)(C)C. The van der Waals surface area contributed by atoms with Crippen molar-refractivity contribution < 1.29 is 27.5 Å². The van der Waals surface area contributed by atoms with E-state index >= 15 is 0 Å². The first-order chi connectivity index (χ1) is 13.8. The summed E-state index contributed by atoms with van der Waals surface area (Å²) in [6, 6.07) is 3.27. The van der Waals surface area contributed by atoms with E-state index in [2.05, 4.69) is 10.0 Å². The first kappa shape index (κ1) is 23.9. The number of rotatable bonds is 7. The Balaban J connectivity index is 2.15. The van der Waals surface area contributed by atoms with Crippen molar-refractivity contribution in [3.8, 4) is 11.5 Å². The second-order valence-electron chi connectivity index (χ2n) is 8.64. The van der Waals surface area contributed by atoms with Crippen molar-refractivity contribution in [3.63, 3.8) is 0 Å². The zero-order chi connectivity index (χ0) is 22.7. The molecule has 10 heteroatoms. The van der Waals surface area contributed by atoms with E-state index in [0.29, 0.717) is 24.7 Å². The monoisotopic (exact) mass is 441 g/mol. The molecule has 0 saturated carbocycles. The highest BCUT2D eigenvalue weighted by atomic mass is 32.2. The lowest BCUT2D eigenvalue weighted by atomic mass is 10.0. The summed E-state index contributed by atoms with van der Waals surface area (Å²) in [6.07, 6.45) is 0. The van der Waals surface area contributed by atoms with E-state index in [4.69, 9.17) is 9.47 Å². The van der Waals surface area contributed by atoms with E-state index in [1.807, 2.05) is 20.8 Å². The van der Waals surface area contributed by atoms with Crippen molar-refractivity contribution in [1.29, 1.82) is 0 Å². The van der Waals surface area contributed by atoms with Gasteiger partial charge in [0, 0.05) is 18.7 Å². The molecule has 0 fully saturated rings. The Hall–Kier alpha value is -2.33. The van der Waals surface area contributed by atoms with Gasteiger partial charge in [-0.15, -0.1) is 0 Å². The number of benzene rings is 1. The molecule has 2 rings (SSSR count). The summed E-state index contributed by atoms with van der Waals surface area (Å²) in [5.41, 5.74) is -0.432. The summed E-state index contributed by atoms with van der Waals surface area (Å²) in [5.74, 6) is -0.336. The number of hydrogen-bond donors (Lipinski definition) is 2. The number of ether oxygens (including phenoxy) is 2. The molecule has 1 aliphatic heterocycles. The van der Waals surface area contributed by atoms with Gasteiger partial charge in [0.05, 0.1) is 11.4 Å². The van der Waals surface area contributed by atoms with Gasteiger partial charge in [-0.1, -0.05) is 13.8 Å². The Kier molecular flexibility index (Phi) is 7.36. The second-order valence-corrected chi connectivity index (χ2v) is 10.4. The predicted molar refractivity (Wildman–Crippen MR) is 112 cm³/mol. The minimum absolute atomic E-state index is 0.0293. The van der Waals surface area contributed by atoms with E-state index in [9.17, 15) is 18.0 Å². The lowest BCUT2D eigenvalue weighted by Crippen LogP contribution is -2.53. The molecule has 0 aromatic heterocycles. The summed E-state index contributed by atoms with van der Waals surface area (Å²) in [7, 11) is -2.54. The second kappa shape index (κ2) is 9.22. The summed E-state index contributed by atoms with van der Waals surface area (Å²) in [6.45, 7) is 9.54. The highest BCUT2D eigenvalue weighted by molar-refractivity contribution is 7.89. The maximum atomic E-state index is 12.9. The molecular weight excluding hydrogens is 410 g/mol. The Morgan fingerprint density at radius 3 is 2.30 bits per heavy atom. The van der Waals surface area contributed by atoms with Crippen LogP contribution in [-0.2, 0) is 19.6 Å². The summed E-state index contributed by atoms with van der Waals surface area (Å²) in [4.78, 5) is 26.2. The third-order valence-electron chi connectivity index (χ3n) is 4.31. The minimum atomic E-state index is -4.01. The standard InChI is InChI=1S/C20H31N3O6S/c1-13(2)18(19(25)23(6)12-17(24)21-20(3,4)5)22-30(26,27)14-7-8-15-16(11-14)29-10-9-28-15/h7-8,11,13,18,22H,9-10,12H2,1-6H3,(H,21,24)/t18-/m1/s1. The average molecular weight is 442 g/mol. The Bertz CT molecular complexity index is 892. The number of carbonyl (C=O) groups is 2. The third kappa shape index (κ3) is 6.33. The van der Waals surface area contributed by atoms with Gasteiger partial charge in [-0.3, -0.25) is 9.59 Å². The van der Waals surface area contributed by atoms with Gasteiger partial charge >= 0.3 is 0 Å². The normalized spacial score (nSPS) is 14.9. The summed E-state index contributed by atoms with van der Waals surface area (Å²) in [5, 5.41) is 2.78. The summed E-state index contributed by atoms with van der Waals surface area (Å²) >= 11 is 0. The van der Waals surface area contributed by atoms with Crippen LogP contribution < -0.4 is 19.5 Å². The van der Waals surface area contributed by atoms with Crippen LogP contribution in [0.25, 0.3) is 0 Å². The van der Waals surface area contributed by atoms with Gasteiger partial charge in [-0.25, -0.2) is 8.42 Å². The van der Waals surface area contributed by atoms with Gasteiger partial charge in [0.1, 0.15) is 19.3 Å². The molecule has 0 unspecified atom stereocenters. The molecular formula is C20H31N3O6S. The van der Waals surface area contributed by atoms with Crippen LogP contribution in [0.15, 0.2) is 23.1 Å². The maximum Gasteiger partial charge on any atom is 0.241 e. The first-order valence-electron chi connectivity index (χ1n) is 9.78. The molecule has 30 heavy (non-hydrogen) atoms. The quantitative estimate of drug-likeness (QED) is 0.656. The van der Waals surface area contributed by atoms with Crippen LogP contribution in [0.1, 0.15) is 34.6 Å². The zero-order valence-electron chi connectivity index (χ0n) is 18.3. The molecule has 9 nitrogen and oxygen atoms in total. The Labute approximate surface area is 178 Å². The van der Waals surface area contributed by atoms with Gasteiger partial charge < -0.3 is 19.7 Å². The van der Waals surface area contributed by atoms with Crippen LogP contribution in [0, 0.1) is 5.92 Å². The fourth-order valence-electron chi connectivity index (χ4n) is 2.89. The van der Waals surface area contributed by atoms with Gasteiger partial charge in [-0.2, -0.15) is 4.72 Å². The van der Waals surface area contributed by atoms with Crippen molar-refractivity contribution in [2.24, 2.45) is 5.92 Å². The molecule has 0 bridgehead atoms. The number of hydrogen-bond acceptors (Lipinski definition) is 6. The number of nitrogens with zero attached hydrogens (tertiary/aromatic N) is 1. The Morgan fingerprint density at radius 2 is 1.73 bits per heavy atom. The number of fused-ring (bicyclic) bond motifs is 1. The molecule has 1 aromatic rings. The van der Waals surface area contributed by atoms with Crippen LogP contribution in [0.5, 0.6) is 11.5 Å².